The van der Waals surface area contributed by atoms with E-state index in [1.165, 1.54) is 51.4 Å². The smallest absolute Gasteiger partial charge is 0.0543 e. The lowest BCUT2D eigenvalue weighted by Gasteiger charge is -2.61. The quantitative estimate of drug-likeness (QED) is 0.470. The van der Waals surface area contributed by atoms with Gasteiger partial charge in [-0.15, -0.1) is 0 Å². The van der Waals surface area contributed by atoms with E-state index in [-0.39, 0.29) is 6.10 Å². The molecule has 0 saturated heterocycles. The van der Waals surface area contributed by atoms with E-state index < -0.39 is 0 Å². The van der Waals surface area contributed by atoms with Gasteiger partial charge in [-0.05, 0) is 123 Å². The van der Waals surface area contributed by atoms with Crippen LogP contribution in [0.15, 0.2) is 11.1 Å². The Hall–Kier alpha value is -0.300. The highest BCUT2D eigenvalue weighted by atomic mass is 16.3. The molecule has 5 aliphatic rings. The maximum atomic E-state index is 10.3. The Bertz CT molecular complexity index is 705. The van der Waals surface area contributed by atoms with Gasteiger partial charge in [0.05, 0.1) is 6.10 Å². The van der Waals surface area contributed by atoms with Gasteiger partial charge in [-0.2, -0.15) is 0 Å². The molecule has 1 N–H and O–H groups in total. The summed E-state index contributed by atoms with van der Waals surface area (Å²) < 4.78 is 0. The zero-order valence-electron chi connectivity index (χ0n) is 20.7. The van der Waals surface area contributed by atoms with Crippen molar-refractivity contribution in [1.82, 2.24) is 0 Å². The molecular weight excluding hydrogens is 364 g/mol. The Morgan fingerprint density at radius 2 is 1.60 bits per heavy atom. The van der Waals surface area contributed by atoms with Crippen LogP contribution in [0.1, 0.15) is 106 Å². The molecule has 4 saturated carbocycles. The fourth-order valence-corrected chi connectivity index (χ4v) is 10.3. The number of hydrogen-bond acceptors (Lipinski definition) is 1. The Balaban J connectivity index is 1.31. The summed E-state index contributed by atoms with van der Waals surface area (Å²) in [6, 6.07) is 0. The molecule has 0 aromatic rings. The molecule has 4 fully saturated rings. The third-order valence-electron chi connectivity index (χ3n) is 11.9. The van der Waals surface area contributed by atoms with Crippen molar-refractivity contribution in [2.75, 3.05) is 0 Å². The molecule has 0 aromatic carbocycles. The lowest BCUT2D eigenvalue weighted by atomic mass is 9.44. The molecule has 0 heterocycles. The van der Waals surface area contributed by atoms with Gasteiger partial charge < -0.3 is 5.11 Å². The summed E-state index contributed by atoms with van der Waals surface area (Å²) >= 11 is 0. The lowest BCUT2D eigenvalue weighted by molar-refractivity contribution is -0.129. The molecule has 0 radical (unpaired) electrons. The number of fused-ring (bicyclic) bond motifs is 5. The zero-order valence-corrected chi connectivity index (χ0v) is 20.7. The summed E-state index contributed by atoms with van der Waals surface area (Å²) in [5.74, 6) is 7.13. The van der Waals surface area contributed by atoms with Gasteiger partial charge in [0.2, 0.25) is 0 Å². The zero-order chi connectivity index (χ0) is 21.4. The maximum absolute atomic E-state index is 10.3. The van der Waals surface area contributed by atoms with Crippen LogP contribution in [-0.2, 0) is 0 Å². The van der Waals surface area contributed by atoms with E-state index in [0.29, 0.717) is 10.8 Å². The van der Waals surface area contributed by atoms with Gasteiger partial charge in [-0.25, -0.2) is 0 Å². The molecule has 170 valence electrons. The highest BCUT2D eigenvalue weighted by Crippen LogP contribution is 2.68. The number of rotatable bonds is 4. The second-order valence-electron chi connectivity index (χ2n) is 13.4. The summed E-state index contributed by atoms with van der Waals surface area (Å²) in [5, 5.41) is 10.3. The highest BCUT2D eigenvalue weighted by molar-refractivity contribution is 5.40. The molecule has 1 nitrogen and oxygen atoms in total. The first kappa shape index (κ1) is 21.5. The number of hydrogen-bond donors (Lipinski definition) is 1. The molecule has 0 amide bonds. The Morgan fingerprint density at radius 1 is 0.900 bits per heavy atom. The fourth-order valence-electron chi connectivity index (χ4n) is 10.3. The van der Waals surface area contributed by atoms with Crippen molar-refractivity contribution in [1.29, 1.82) is 0 Å². The monoisotopic (exact) mass is 412 g/mol. The lowest BCUT2D eigenvalue weighted by Crippen LogP contribution is -2.54. The molecule has 0 bridgehead atoms. The third-order valence-corrected chi connectivity index (χ3v) is 11.9. The van der Waals surface area contributed by atoms with Crippen LogP contribution in [0.3, 0.4) is 0 Å². The van der Waals surface area contributed by atoms with Crippen LogP contribution < -0.4 is 0 Å². The molecule has 10 atom stereocenters. The molecule has 0 spiro atoms. The van der Waals surface area contributed by atoms with Crippen molar-refractivity contribution in [3.05, 3.63) is 11.1 Å². The van der Waals surface area contributed by atoms with E-state index in [2.05, 4.69) is 41.5 Å². The minimum Gasteiger partial charge on any atom is -0.393 e. The van der Waals surface area contributed by atoms with Crippen LogP contribution in [0, 0.1) is 58.2 Å². The van der Waals surface area contributed by atoms with Crippen molar-refractivity contribution < 1.29 is 5.11 Å². The largest absolute Gasteiger partial charge is 0.393 e. The molecule has 0 aromatic heterocycles. The Labute approximate surface area is 186 Å². The second-order valence-corrected chi connectivity index (χ2v) is 13.4. The van der Waals surface area contributed by atoms with Crippen LogP contribution >= 0.6 is 0 Å². The first-order valence-corrected chi connectivity index (χ1v) is 13.5. The summed E-state index contributed by atoms with van der Waals surface area (Å²) in [4.78, 5) is 0. The van der Waals surface area contributed by atoms with Crippen molar-refractivity contribution in [3.8, 4) is 0 Å². The molecular formula is C29H48O. The first-order chi connectivity index (χ1) is 14.2. The van der Waals surface area contributed by atoms with Crippen molar-refractivity contribution in [2.24, 2.45) is 58.2 Å². The maximum Gasteiger partial charge on any atom is 0.0543 e. The van der Waals surface area contributed by atoms with Crippen molar-refractivity contribution in [2.45, 2.75) is 112 Å². The van der Waals surface area contributed by atoms with Gasteiger partial charge in [0.25, 0.3) is 0 Å². The summed E-state index contributed by atoms with van der Waals surface area (Å²) in [7, 11) is 0. The summed E-state index contributed by atoms with van der Waals surface area (Å²) in [6.45, 7) is 15.2. The van der Waals surface area contributed by atoms with Crippen LogP contribution in [0.2, 0.25) is 0 Å². The SMILES string of the molecule is CC1=C(CC(C)C2CCC3C4CCC5CC(O)CCC5(C)C4CCC23C)C1C(C)C. The van der Waals surface area contributed by atoms with Crippen LogP contribution in [0.25, 0.3) is 0 Å². The van der Waals surface area contributed by atoms with Crippen LogP contribution in [-0.4, -0.2) is 11.2 Å². The van der Waals surface area contributed by atoms with E-state index in [1.807, 2.05) is 5.57 Å². The van der Waals surface area contributed by atoms with Gasteiger partial charge in [-0.3, -0.25) is 0 Å². The average Bonchev–Trinajstić information content (AvgIpc) is 3.17. The third kappa shape index (κ3) is 3.11. The van der Waals surface area contributed by atoms with Gasteiger partial charge in [-0.1, -0.05) is 45.8 Å². The molecule has 5 rings (SSSR count). The minimum atomic E-state index is -0.0138. The fraction of sp³-hybridized carbons (Fsp3) is 0.931. The molecule has 1 heteroatoms. The Kier molecular flexibility index (Phi) is 5.28. The Morgan fingerprint density at radius 3 is 2.30 bits per heavy atom. The number of aliphatic hydroxyl groups excluding tert-OH is 1. The average molecular weight is 413 g/mol. The van der Waals surface area contributed by atoms with E-state index in [1.54, 1.807) is 5.57 Å². The van der Waals surface area contributed by atoms with E-state index in [4.69, 9.17) is 0 Å². The molecule has 5 aliphatic carbocycles. The summed E-state index contributed by atoms with van der Waals surface area (Å²) in [6.07, 6.45) is 13.6. The number of aliphatic hydroxyl groups is 1. The van der Waals surface area contributed by atoms with Gasteiger partial charge in [0, 0.05) is 5.92 Å². The minimum absolute atomic E-state index is 0.0138. The van der Waals surface area contributed by atoms with E-state index >= 15 is 0 Å². The van der Waals surface area contributed by atoms with E-state index in [0.717, 1.165) is 60.2 Å². The predicted molar refractivity (Wildman–Crippen MR) is 126 cm³/mol. The molecule has 30 heavy (non-hydrogen) atoms. The predicted octanol–water partition coefficient (Wildman–Crippen LogP) is 7.63. The molecule has 0 aliphatic heterocycles. The van der Waals surface area contributed by atoms with Gasteiger partial charge in [0.1, 0.15) is 0 Å². The van der Waals surface area contributed by atoms with Gasteiger partial charge >= 0.3 is 0 Å². The van der Waals surface area contributed by atoms with Crippen LogP contribution in [0.4, 0.5) is 0 Å². The molecule has 10 unspecified atom stereocenters. The standard InChI is InChI=1S/C29H48O/c1-17(2)27-19(4)23(27)15-18(3)24-9-10-25-22-8-7-20-16-21(30)11-13-28(20,5)26(22)12-14-29(24,25)6/h17-18,20-22,24-27,30H,7-16H2,1-6H3. The second kappa shape index (κ2) is 7.36. The normalized spacial score (nSPS) is 51.4. The highest BCUT2D eigenvalue weighted by Gasteiger charge is 2.60. The van der Waals surface area contributed by atoms with Gasteiger partial charge in [0.15, 0.2) is 0 Å². The topological polar surface area (TPSA) is 20.2 Å². The first-order valence-electron chi connectivity index (χ1n) is 13.5. The number of allylic oxidation sites excluding steroid dienone is 2. The summed E-state index contributed by atoms with van der Waals surface area (Å²) in [5.41, 5.74) is 4.67. The van der Waals surface area contributed by atoms with Crippen molar-refractivity contribution in [3.63, 3.8) is 0 Å². The van der Waals surface area contributed by atoms with Crippen LogP contribution in [0.5, 0.6) is 0 Å². The van der Waals surface area contributed by atoms with E-state index in [9.17, 15) is 5.11 Å². The van der Waals surface area contributed by atoms with Crippen molar-refractivity contribution >= 4 is 0 Å².